The van der Waals surface area contributed by atoms with Gasteiger partial charge in [-0.05, 0) is 36.8 Å². The summed E-state index contributed by atoms with van der Waals surface area (Å²) >= 11 is 7.31. The van der Waals surface area contributed by atoms with Crippen LogP contribution in [0, 0.1) is 0 Å². The Bertz CT molecular complexity index is 813. The van der Waals surface area contributed by atoms with Crippen LogP contribution >= 0.6 is 23.4 Å². The van der Waals surface area contributed by atoms with Crippen molar-refractivity contribution in [2.75, 3.05) is 11.4 Å². The highest BCUT2D eigenvalue weighted by atomic mass is 35.5. The molecule has 1 aliphatic heterocycles. The summed E-state index contributed by atoms with van der Waals surface area (Å²) in [4.78, 5) is 18.8. The summed E-state index contributed by atoms with van der Waals surface area (Å²) in [5.41, 5.74) is -0.197. The van der Waals surface area contributed by atoms with Crippen LogP contribution in [0.5, 0.6) is 0 Å². The number of aromatic nitrogens is 1. The van der Waals surface area contributed by atoms with Crippen LogP contribution < -0.4 is 4.90 Å². The van der Waals surface area contributed by atoms with E-state index >= 15 is 0 Å². The molecule has 0 N–H and O–H groups in total. The van der Waals surface area contributed by atoms with Crippen LogP contribution in [0.3, 0.4) is 0 Å². The number of fused-ring (bicyclic) bond motifs is 1. The zero-order valence-corrected chi connectivity index (χ0v) is 14.8. The van der Waals surface area contributed by atoms with Gasteiger partial charge in [0.05, 0.1) is 11.3 Å². The zero-order chi connectivity index (χ0) is 18.2. The van der Waals surface area contributed by atoms with Gasteiger partial charge < -0.3 is 4.90 Å². The van der Waals surface area contributed by atoms with Gasteiger partial charge in [-0.1, -0.05) is 18.5 Å². The van der Waals surface area contributed by atoms with E-state index in [0.717, 1.165) is 12.1 Å². The number of halogens is 4. The van der Waals surface area contributed by atoms with Gasteiger partial charge in [0, 0.05) is 28.5 Å². The predicted octanol–water partition coefficient (Wildman–Crippen LogP) is 5.28. The lowest BCUT2D eigenvalue weighted by Gasteiger charge is -2.23. The summed E-state index contributed by atoms with van der Waals surface area (Å²) in [6.45, 7) is 2.32. The van der Waals surface area contributed by atoms with E-state index in [1.165, 1.54) is 41.1 Å². The molecule has 0 saturated heterocycles. The number of anilines is 1. The Labute approximate surface area is 152 Å². The lowest BCUT2D eigenvalue weighted by atomic mass is 10.1. The first-order valence-electron chi connectivity index (χ1n) is 7.57. The van der Waals surface area contributed by atoms with E-state index in [4.69, 9.17) is 11.6 Å². The molecule has 0 radical (unpaired) electrons. The number of hydrogen-bond acceptors (Lipinski definition) is 3. The number of carbonyl (C=O) groups excluding carboxylic acids is 1. The van der Waals surface area contributed by atoms with Gasteiger partial charge in [-0.3, -0.25) is 4.79 Å². The normalized spacial score (nSPS) is 17.8. The molecule has 1 amide bonds. The van der Waals surface area contributed by atoms with Crippen LogP contribution in [-0.2, 0) is 6.18 Å². The highest BCUT2D eigenvalue weighted by Crippen LogP contribution is 2.41. The Morgan fingerprint density at radius 3 is 2.76 bits per heavy atom. The van der Waals surface area contributed by atoms with E-state index in [9.17, 15) is 18.0 Å². The number of benzene rings is 1. The van der Waals surface area contributed by atoms with Crippen molar-refractivity contribution in [1.29, 1.82) is 0 Å². The summed E-state index contributed by atoms with van der Waals surface area (Å²) in [7, 11) is 0. The minimum atomic E-state index is -4.47. The highest BCUT2D eigenvalue weighted by Gasteiger charge is 2.33. The maximum Gasteiger partial charge on any atom is 0.416 e. The number of alkyl halides is 3. The van der Waals surface area contributed by atoms with Gasteiger partial charge in [0.15, 0.2) is 0 Å². The smallest absolute Gasteiger partial charge is 0.307 e. The summed E-state index contributed by atoms with van der Waals surface area (Å²) in [5, 5.41) is 0.349. The van der Waals surface area contributed by atoms with Gasteiger partial charge in [-0.2, -0.15) is 13.2 Å². The number of amides is 1. The van der Waals surface area contributed by atoms with E-state index in [1.54, 1.807) is 0 Å². The lowest BCUT2D eigenvalue weighted by molar-refractivity contribution is -0.137. The molecule has 25 heavy (non-hydrogen) atoms. The second-order valence-corrected chi connectivity index (χ2v) is 7.59. The molecule has 3 nitrogen and oxygen atoms in total. The largest absolute Gasteiger partial charge is 0.416 e. The average molecular weight is 387 g/mol. The molecule has 2 aromatic rings. The van der Waals surface area contributed by atoms with Crippen molar-refractivity contribution in [2.24, 2.45) is 0 Å². The van der Waals surface area contributed by atoms with E-state index in [-0.39, 0.29) is 22.0 Å². The Morgan fingerprint density at radius 1 is 1.32 bits per heavy atom. The number of hydrogen-bond donors (Lipinski definition) is 0. The number of rotatable bonds is 1. The second-order valence-electron chi connectivity index (χ2n) is 5.72. The summed E-state index contributed by atoms with van der Waals surface area (Å²) in [5.74, 6) is -0.389. The van der Waals surface area contributed by atoms with E-state index in [1.807, 2.05) is 6.92 Å². The van der Waals surface area contributed by atoms with E-state index in [2.05, 4.69) is 4.98 Å². The van der Waals surface area contributed by atoms with Gasteiger partial charge in [0.1, 0.15) is 5.15 Å². The third-order valence-corrected chi connectivity index (χ3v) is 5.33. The number of thioether (sulfide) groups is 1. The quantitative estimate of drug-likeness (QED) is 0.625. The minimum absolute atomic E-state index is 0.160. The van der Waals surface area contributed by atoms with Gasteiger partial charge >= 0.3 is 6.18 Å². The molecular weight excluding hydrogens is 373 g/mol. The summed E-state index contributed by atoms with van der Waals surface area (Å²) in [6.07, 6.45) is -2.39. The van der Waals surface area contributed by atoms with Crippen molar-refractivity contribution in [3.63, 3.8) is 0 Å². The van der Waals surface area contributed by atoms with E-state index in [0.29, 0.717) is 23.4 Å². The van der Waals surface area contributed by atoms with Crippen molar-refractivity contribution >= 4 is 35.0 Å². The molecule has 1 atom stereocenters. The SMILES string of the molecule is C[C@@H]1CCN(C(=O)c2ccnc(Cl)c2)c2cc(C(F)(F)F)ccc2S1. The van der Waals surface area contributed by atoms with Crippen LogP contribution in [0.4, 0.5) is 18.9 Å². The van der Waals surface area contributed by atoms with Crippen LogP contribution in [-0.4, -0.2) is 22.7 Å². The fourth-order valence-electron chi connectivity index (χ4n) is 2.61. The monoisotopic (exact) mass is 386 g/mol. The van der Waals surface area contributed by atoms with Crippen molar-refractivity contribution in [2.45, 2.75) is 29.7 Å². The molecule has 0 unspecified atom stereocenters. The molecule has 1 aliphatic rings. The molecule has 8 heteroatoms. The Kier molecular flexibility index (Phi) is 4.97. The standard InChI is InChI=1S/C17H14ClF3N2OS/c1-10-5-7-23(16(24)11-4-6-22-15(18)8-11)13-9-12(17(19,20)21)2-3-14(13)25-10/h2-4,6,8-10H,5,7H2,1H3/t10-/m1/s1. The first kappa shape index (κ1) is 18.1. The highest BCUT2D eigenvalue weighted by molar-refractivity contribution is 8.00. The van der Waals surface area contributed by atoms with Gasteiger partial charge in [-0.15, -0.1) is 11.8 Å². The maximum atomic E-state index is 13.1. The number of nitrogens with zero attached hydrogens (tertiary/aromatic N) is 2. The summed E-state index contributed by atoms with van der Waals surface area (Å²) in [6, 6.07) is 6.45. The fourth-order valence-corrected chi connectivity index (χ4v) is 3.88. The average Bonchev–Trinajstić information content (AvgIpc) is 2.71. The van der Waals surface area contributed by atoms with Crippen LogP contribution in [0.1, 0.15) is 29.3 Å². The number of pyridine rings is 1. The van der Waals surface area contributed by atoms with Crippen LogP contribution in [0.15, 0.2) is 41.4 Å². The predicted molar refractivity (Wildman–Crippen MR) is 92.3 cm³/mol. The second kappa shape index (κ2) is 6.88. The zero-order valence-electron chi connectivity index (χ0n) is 13.2. The van der Waals surface area contributed by atoms with Gasteiger partial charge in [0.2, 0.25) is 0 Å². The third-order valence-electron chi connectivity index (χ3n) is 3.88. The minimum Gasteiger partial charge on any atom is -0.307 e. The van der Waals surface area contributed by atoms with E-state index < -0.39 is 11.7 Å². The molecule has 0 bridgehead atoms. The topological polar surface area (TPSA) is 33.2 Å². The van der Waals surface area contributed by atoms with Crippen LogP contribution in [0.25, 0.3) is 0 Å². The molecule has 1 aromatic carbocycles. The molecule has 132 valence electrons. The lowest BCUT2D eigenvalue weighted by Crippen LogP contribution is -2.32. The number of carbonyl (C=O) groups is 1. The molecule has 0 fully saturated rings. The maximum absolute atomic E-state index is 13.1. The molecule has 1 aromatic heterocycles. The molecule has 3 rings (SSSR count). The van der Waals surface area contributed by atoms with Crippen molar-refractivity contribution in [3.05, 3.63) is 52.8 Å². The Hall–Kier alpha value is -1.73. The van der Waals surface area contributed by atoms with Gasteiger partial charge in [-0.25, -0.2) is 4.98 Å². The first-order chi connectivity index (χ1) is 11.8. The Morgan fingerprint density at radius 2 is 2.08 bits per heavy atom. The fraction of sp³-hybridized carbons (Fsp3) is 0.294. The molecular formula is C17H14ClF3N2OS. The van der Waals surface area contributed by atoms with Gasteiger partial charge in [0.25, 0.3) is 5.91 Å². The molecule has 0 saturated carbocycles. The van der Waals surface area contributed by atoms with Crippen LogP contribution in [0.2, 0.25) is 5.15 Å². The Balaban J connectivity index is 2.07. The van der Waals surface area contributed by atoms with Crippen molar-refractivity contribution in [3.8, 4) is 0 Å². The molecule has 0 aliphatic carbocycles. The van der Waals surface area contributed by atoms with Crippen molar-refractivity contribution < 1.29 is 18.0 Å². The summed E-state index contributed by atoms with van der Waals surface area (Å²) < 4.78 is 39.3. The molecule has 0 spiro atoms. The molecule has 2 heterocycles. The van der Waals surface area contributed by atoms with Crippen molar-refractivity contribution in [1.82, 2.24) is 4.98 Å². The third kappa shape index (κ3) is 3.93. The first-order valence-corrected chi connectivity index (χ1v) is 8.83.